The summed E-state index contributed by atoms with van der Waals surface area (Å²) in [5.41, 5.74) is 0.788. The van der Waals surface area contributed by atoms with Gasteiger partial charge >= 0.3 is 0 Å². The van der Waals surface area contributed by atoms with Crippen LogP contribution in [0.15, 0.2) is 30.3 Å². The van der Waals surface area contributed by atoms with Crippen LogP contribution < -0.4 is 5.32 Å². The molecular weight excluding hydrogens is 314 g/mol. The zero-order valence-electron chi connectivity index (χ0n) is 14.3. The smallest absolute Gasteiger partial charge is 0.293 e. The first-order chi connectivity index (χ1) is 12.3. The number of carbonyl (C=O) groups is 1. The van der Waals surface area contributed by atoms with Gasteiger partial charge in [0.05, 0.1) is 0 Å². The second-order valence-electron chi connectivity index (χ2n) is 7.63. The first-order valence-corrected chi connectivity index (χ1v) is 9.30. The number of aromatic nitrogens is 3. The van der Waals surface area contributed by atoms with Crippen LogP contribution in [0.2, 0.25) is 0 Å². The van der Waals surface area contributed by atoms with Crippen molar-refractivity contribution in [1.29, 1.82) is 0 Å². The van der Waals surface area contributed by atoms with Crippen molar-refractivity contribution in [3.05, 3.63) is 42.0 Å². The van der Waals surface area contributed by atoms with Crippen LogP contribution in [0.25, 0.3) is 0 Å². The van der Waals surface area contributed by atoms with Gasteiger partial charge in [0.2, 0.25) is 5.82 Å². The Morgan fingerprint density at radius 1 is 1.04 bits per heavy atom. The minimum absolute atomic E-state index is 0.169. The molecule has 2 aromatic rings. The van der Waals surface area contributed by atoms with Crippen molar-refractivity contribution in [2.75, 3.05) is 18.4 Å². The molecule has 1 aromatic carbocycles. The lowest BCUT2D eigenvalue weighted by Crippen LogP contribution is -2.38. The third-order valence-corrected chi connectivity index (χ3v) is 6.12. The fourth-order valence-electron chi connectivity index (χ4n) is 4.49. The molecule has 0 radical (unpaired) electrons. The van der Waals surface area contributed by atoms with E-state index in [2.05, 4.69) is 20.4 Å². The molecule has 2 aliphatic heterocycles. The molecule has 1 amide bonds. The molecule has 1 aliphatic carbocycles. The van der Waals surface area contributed by atoms with Crippen LogP contribution in [0.4, 0.5) is 5.69 Å². The van der Waals surface area contributed by atoms with Gasteiger partial charge in [0.1, 0.15) is 5.82 Å². The third-order valence-electron chi connectivity index (χ3n) is 6.12. The van der Waals surface area contributed by atoms with E-state index in [9.17, 15) is 4.79 Å². The number of likely N-dealkylation sites (tertiary alicyclic amines) is 1. The Morgan fingerprint density at radius 3 is 2.60 bits per heavy atom. The summed E-state index contributed by atoms with van der Waals surface area (Å²) in [6, 6.07) is 10.3. The maximum Gasteiger partial charge on any atom is 0.293 e. The summed E-state index contributed by atoms with van der Waals surface area (Å²) in [5, 5.41) is 11.4. The summed E-state index contributed by atoms with van der Waals surface area (Å²) in [5.74, 6) is 2.53. The van der Waals surface area contributed by atoms with Crippen LogP contribution in [0, 0.1) is 11.8 Å². The van der Waals surface area contributed by atoms with Gasteiger partial charge in [-0.05, 0) is 36.8 Å². The Morgan fingerprint density at radius 2 is 1.84 bits per heavy atom. The largest absolute Gasteiger partial charge is 0.319 e. The number of hydrogen-bond donors (Lipinski definition) is 1. The van der Waals surface area contributed by atoms with Gasteiger partial charge in [0.25, 0.3) is 5.91 Å². The first-order valence-electron chi connectivity index (χ1n) is 9.30. The molecule has 3 aliphatic rings. The highest BCUT2D eigenvalue weighted by atomic mass is 16.2. The highest BCUT2D eigenvalue weighted by Crippen LogP contribution is 2.37. The van der Waals surface area contributed by atoms with Crippen LogP contribution >= 0.6 is 0 Å². The molecule has 2 unspecified atom stereocenters. The molecular formula is C19H23N5O. The number of rotatable bonds is 3. The van der Waals surface area contributed by atoms with Gasteiger partial charge in [-0.15, -0.1) is 10.2 Å². The quantitative estimate of drug-likeness (QED) is 0.932. The van der Waals surface area contributed by atoms with E-state index in [0.717, 1.165) is 37.1 Å². The predicted octanol–water partition coefficient (Wildman–Crippen LogP) is 2.19. The van der Waals surface area contributed by atoms with Crippen molar-refractivity contribution in [2.24, 2.45) is 11.8 Å². The second-order valence-corrected chi connectivity index (χ2v) is 7.63. The van der Waals surface area contributed by atoms with Crippen molar-refractivity contribution in [2.45, 2.75) is 38.3 Å². The van der Waals surface area contributed by atoms with Crippen LogP contribution in [0.3, 0.4) is 0 Å². The summed E-state index contributed by atoms with van der Waals surface area (Å²) in [7, 11) is 0. The number of anilines is 1. The number of carbonyl (C=O) groups excluding carboxylic acids is 1. The number of nitrogens with one attached hydrogen (secondary N) is 1. The molecule has 2 atom stereocenters. The molecule has 0 spiro atoms. The van der Waals surface area contributed by atoms with E-state index in [-0.39, 0.29) is 5.91 Å². The third kappa shape index (κ3) is 2.65. The molecule has 5 rings (SSSR count). The number of benzene rings is 1. The summed E-state index contributed by atoms with van der Waals surface area (Å²) in [4.78, 5) is 15.3. The Hall–Kier alpha value is -2.21. The Bertz CT molecular complexity index is 782. The van der Waals surface area contributed by atoms with E-state index < -0.39 is 0 Å². The Labute approximate surface area is 147 Å². The van der Waals surface area contributed by atoms with Crippen LogP contribution in [-0.4, -0.2) is 44.7 Å². The number of nitrogens with zero attached hydrogens (tertiary/aromatic N) is 4. The topological polar surface area (TPSA) is 63.1 Å². The number of para-hydroxylation sites is 1. The van der Waals surface area contributed by atoms with Crippen molar-refractivity contribution < 1.29 is 4.79 Å². The van der Waals surface area contributed by atoms with E-state index in [0.29, 0.717) is 17.7 Å². The Kier molecular flexibility index (Phi) is 3.59. The maximum absolute atomic E-state index is 12.6. The van der Waals surface area contributed by atoms with Crippen molar-refractivity contribution in [1.82, 2.24) is 19.7 Å². The molecule has 1 N–H and O–H groups in total. The second kappa shape index (κ2) is 5.95. The molecule has 6 heteroatoms. The summed E-state index contributed by atoms with van der Waals surface area (Å²) < 4.78 is 2.05. The van der Waals surface area contributed by atoms with E-state index in [1.165, 1.54) is 25.8 Å². The monoisotopic (exact) mass is 337 g/mol. The molecule has 1 saturated heterocycles. The van der Waals surface area contributed by atoms with Crippen LogP contribution in [-0.2, 0) is 13.0 Å². The highest BCUT2D eigenvalue weighted by molar-refractivity contribution is 6.01. The molecule has 25 heavy (non-hydrogen) atoms. The summed E-state index contributed by atoms with van der Waals surface area (Å²) in [6.45, 7) is 3.22. The van der Waals surface area contributed by atoms with E-state index in [4.69, 9.17) is 0 Å². The average molecular weight is 337 g/mol. The van der Waals surface area contributed by atoms with Gasteiger partial charge in [-0.25, -0.2) is 0 Å². The first kappa shape index (κ1) is 15.1. The van der Waals surface area contributed by atoms with Crippen molar-refractivity contribution in [3.63, 3.8) is 0 Å². The van der Waals surface area contributed by atoms with E-state index in [1.54, 1.807) is 0 Å². The number of amides is 1. The normalized spacial score (nSPS) is 25.9. The number of fused-ring (bicyclic) bond motifs is 2. The lowest BCUT2D eigenvalue weighted by atomic mass is 9.89. The maximum atomic E-state index is 12.6. The lowest BCUT2D eigenvalue weighted by molar-refractivity contribution is 0.100. The zero-order chi connectivity index (χ0) is 16.8. The van der Waals surface area contributed by atoms with Gasteiger partial charge in [-0.1, -0.05) is 24.6 Å². The summed E-state index contributed by atoms with van der Waals surface area (Å²) >= 11 is 0. The molecule has 3 heterocycles. The zero-order valence-corrected chi connectivity index (χ0v) is 14.3. The highest BCUT2D eigenvalue weighted by Gasteiger charge is 2.42. The standard InChI is InChI=1S/C19H23N5O/c25-19(20-15-5-2-1-3-6-15)18-22-21-17-9-13-10-23(16-7-4-8-16)11-14(13)12-24(17)18/h1-3,5-6,13-14,16H,4,7-12H2,(H,20,25). The van der Waals surface area contributed by atoms with Gasteiger partial charge < -0.3 is 9.88 Å². The molecule has 6 nitrogen and oxygen atoms in total. The lowest BCUT2D eigenvalue weighted by Gasteiger charge is -2.34. The minimum Gasteiger partial charge on any atom is -0.319 e. The minimum atomic E-state index is -0.169. The van der Waals surface area contributed by atoms with E-state index >= 15 is 0 Å². The molecule has 2 fully saturated rings. The van der Waals surface area contributed by atoms with Gasteiger partial charge in [-0.2, -0.15) is 0 Å². The molecule has 1 aromatic heterocycles. The molecule has 1 saturated carbocycles. The SMILES string of the molecule is O=C(Nc1ccccc1)c1nnc2n1CC1CN(C3CCC3)CC1C2. The molecule has 130 valence electrons. The molecule has 0 bridgehead atoms. The van der Waals surface area contributed by atoms with Crippen LogP contribution in [0.1, 0.15) is 35.7 Å². The average Bonchev–Trinajstić information content (AvgIpc) is 3.14. The van der Waals surface area contributed by atoms with Gasteiger partial charge in [0, 0.05) is 37.8 Å². The van der Waals surface area contributed by atoms with Gasteiger partial charge in [-0.3, -0.25) is 9.69 Å². The fraction of sp³-hybridized carbons (Fsp3) is 0.526. The summed E-state index contributed by atoms with van der Waals surface area (Å²) in [6.07, 6.45) is 5.04. The Balaban J connectivity index is 1.33. The predicted molar refractivity (Wildman–Crippen MR) is 94.3 cm³/mol. The fourth-order valence-corrected chi connectivity index (χ4v) is 4.49. The number of hydrogen-bond acceptors (Lipinski definition) is 4. The van der Waals surface area contributed by atoms with Crippen LogP contribution in [0.5, 0.6) is 0 Å². The van der Waals surface area contributed by atoms with Crippen molar-refractivity contribution >= 4 is 11.6 Å². The van der Waals surface area contributed by atoms with Gasteiger partial charge in [0.15, 0.2) is 0 Å². The van der Waals surface area contributed by atoms with E-state index in [1.807, 2.05) is 34.9 Å². The van der Waals surface area contributed by atoms with Crippen molar-refractivity contribution in [3.8, 4) is 0 Å².